The van der Waals surface area contributed by atoms with E-state index in [-0.39, 0.29) is 11.8 Å². The lowest BCUT2D eigenvalue weighted by molar-refractivity contribution is -0.122. The van der Waals surface area contributed by atoms with Crippen molar-refractivity contribution in [2.45, 2.75) is 84.0 Å². The first kappa shape index (κ1) is 29.5. The maximum Gasteiger partial charge on any atom is 0.161 e. The fraction of sp³-hybridized carbons (Fsp3) is 0.487. The largest absolute Gasteiger partial charge is 0.387 e. The van der Waals surface area contributed by atoms with Crippen molar-refractivity contribution in [1.82, 2.24) is 10.2 Å². The zero-order valence-corrected chi connectivity index (χ0v) is 26.1. The lowest BCUT2D eigenvalue weighted by atomic mass is 9.71. The Morgan fingerprint density at radius 2 is 1.91 bits per heavy atom. The Hall–Kier alpha value is -3.58. The van der Waals surface area contributed by atoms with Gasteiger partial charge in [0.2, 0.25) is 0 Å². The number of hydrogen-bond acceptors (Lipinski definition) is 4. The second-order valence-electron chi connectivity index (χ2n) is 13.6. The van der Waals surface area contributed by atoms with Gasteiger partial charge >= 0.3 is 0 Å². The quantitative estimate of drug-likeness (QED) is 0.332. The van der Waals surface area contributed by atoms with Crippen molar-refractivity contribution < 1.29 is 4.79 Å². The fourth-order valence-corrected chi connectivity index (χ4v) is 7.54. The summed E-state index contributed by atoms with van der Waals surface area (Å²) in [7, 11) is 0. The summed E-state index contributed by atoms with van der Waals surface area (Å²) in [4.78, 5) is 15.6. The van der Waals surface area contributed by atoms with Crippen LogP contribution in [0.25, 0.3) is 5.57 Å². The predicted octanol–water partition coefficient (Wildman–Crippen LogP) is 8.54. The second kappa shape index (κ2) is 13.4. The van der Waals surface area contributed by atoms with Crippen molar-refractivity contribution in [1.29, 1.82) is 5.26 Å². The van der Waals surface area contributed by atoms with E-state index in [9.17, 15) is 4.79 Å². The molecule has 0 aromatic heterocycles. The minimum atomic E-state index is 0.0727. The molecular formula is C39H47N3O. The Bertz CT molecular complexity index is 1440. The molecule has 2 aliphatic heterocycles. The van der Waals surface area contributed by atoms with E-state index in [0.717, 1.165) is 69.7 Å². The smallest absolute Gasteiger partial charge is 0.161 e. The third-order valence-electron chi connectivity index (χ3n) is 10.1. The molecule has 0 amide bonds. The van der Waals surface area contributed by atoms with E-state index < -0.39 is 0 Å². The number of nitriles is 1. The Morgan fingerprint density at radius 3 is 2.65 bits per heavy atom. The standard InChI is InChI=1S/C39H47N3O/c1-27(2)21-28-7-9-30(10-8-28)31-11-13-32(14-12-31)34-15-16-35-26-41-18-17-38(37(35)24-34)42-19-3-5-33(6-4-20-42)39(43)36-22-29(23-36)25-40/h5,7,11-15,17,24,26-27,29-30,36,41H,3-4,6,8-10,16,18-23H2,1-2H3/b33-5-/t29-,30-,36-/m1/s1. The van der Waals surface area contributed by atoms with Crippen molar-refractivity contribution in [2.75, 3.05) is 19.6 Å². The molecule has 0 spiro atoms. The number of Topliss-reactive ketones (excluding diaryl/α,β-unsaturated/α-hetero) is 1. The highest BCUT2D eigenvalue weighted by molar-refractivity contribution is 5.97. The van der Waals surface area contributed by atoms with Gasteiger partial charge in [0.15, 0.2) is 5.78 Å². The van der Waals surface area contributed by atoms with Crippen molar-refractivity contribution in [2.24, 2.45) is 17.8 Å². The molecule has 0 saturated heterocycles. The summed E-state index contributed by atoms with van der Waals surface area (Å²) in [5.74, 6) is 1.84. The van der Waals surface area contributed by atoms with Crippen LogP contribution in [0.5, 0.6) is 0 Å². The molecule has 1 fully saturated rings. The maximum atomic E-state index is 13.0. The zero-order valence-electron chi connectivity index (χ0n) is 26.1. The Kier molecular flexibility index (Phi) is 9.17. The third kappa shape index (κ3) is 6.82. The molecule has 5 aliphatic rings. The molecule has 0 unspecified atom stereocenters. The lowest BCUT2D eigenvalue weighted by Gasteiger charge is -2.33. The molecule has 3 aliphatic carbocycles. The van der Waals surface area contributed by atoms with Crippen molar-refractivity contribution in [3.8, 4) is 6.07 Å². The number of fused-ring (bicyclic) bond motifs is 1. The number of rotatable bonds is 7. The number of hydrogen-bond donors (Lipinski definition) is 1. The van der Waals surface area contributed by atoms with E-state index in [1.165, 1.54) is 59.2 Å². The van der Waals surface area contributed by atoms with E-state index in [1.54, 1.807) is 5.57 Å². The predicted molar refractivity (Wildman–Crippen MR) is 176 cm³/mol. The summed E-state index contributed by atoms with van der Waals surface area (Å²) >= 11 is 0. The lowest BCUT2D eigenvalue weighted by Crippen LogP contribution is -2.32. The van der Waals surface area contributed by atoms with Gasteiger partial charge in [-0.15, -0.1) is 0 Å². The van der Waals surface area contributed by atoms with Gasteiger partial charge in [-0.2, -0.15) is 5.26 Å². The van der Waals surface area contributed by atoms with Gasteiger partial charge in [-0.3, -0.25) is 4.79 Å². The van der Waals surface area contributed by atoms with Crippen LogP contribution in [0.1, 0.15) is 95.1 Å². The van der Waals surface area contributed by atoms with Crippen LogP contribution in [0.2, 0.25) is 0 Å². The number of allylic oxidation sites excluding steroid dienone is 7. The van der Waals surface area contributed by atoms with Crippen molar-refractivity contribution in [3.05, 3.63) is 100.0 Å². The zero-order chi connectivity index (χ0) is 29.8. The summed E-state index contributed by atoms with van der Waals surface area (Å²) in [5, 5.41) is 12.6. The monoisotopic (exact) mass is 573 g/mol. The molecule has 43 heavy (non-hydrogen) atoms. The normalized spacial score (nSPS) is 27.1. The number of nitrogens with one attached hydrogen (secondary N) is 1. The second-order valence-corrected chi connectivity index (χ2v) is 13.6. The first-order valence-electron chi connectivity index (χ1n) is 16.7. The number of carbonyl (C=O) groups excluding carboxylic acids is 1. The molecule has 4 heteroatoms. The van der Waals surface area contributed by atoms with Crippen molar-refractivity contribution >= 4 is 11.4 Å². The summed E-state index contributed by atoms with van der Waals surface area (Å²) < 4.78 is 0. The molecule has 1 saturated carbocycles. The molecule has 6 rings (SSSR count). The number of ketones is 1. The first-order chi connectivity index (χ1) is 21.0. The third-order valence-corrected chi connectivity index (χ3v) is 10.1. The van der Waals surface area contributed by atoms with Gasteiger partial charge in [0.1, 0.15) is 0 Å². The molecule has 1 aromatic carbocycles. The maximum absolute atomic E-state index is 13.0. The van der Waals surface area contributed by atoms with Gasteiger partial charge in [-0.25, -0.2) is 0 Å². The van der Waals surface area contributed by atoms with Gasteiger partial charge in [0.25, 0.3) is 0 Å². The first-order valence-corrected chi connectivity index (χ1v) is 16.7. The molecule has 0 bridgehead atoms. The van der Waals surface area contributed by atoms with Crippen LogP contribution < -0.4 is 5.32 Å². The van der Waals surface area contributed by atoms with Gasteiger partial charge in [-0.05, 0) is 116 Å². The van der Waals surface area contributed by atoms with E-state index >= 15 is 0 Å². The van der Waals surface area contributed by atoms with E-state index in [2.05, 4.69) is 91.0 Å². The highest BCUT2D eigenvalue weighted by Crippen LogP contribution is 2.39. The molecule has 0 radical (unpaired) electrons. The minimum Gasteiger partial charge on any atom is -0.387 e. The van der Waals surface area contributed by atoms with Crippen molar-refractivity contribution in [3.63, 3.8) is 0 Å². The Balaban J connectivity index is 1.13. The van der Waals surface area contributed by atoms with Gasteiger partial charge < -0.3 is 10.2 Å². The Morgan fingerprint density at radius 1 is 1.07 bits per heavy atom. The SMILES string of the molecule is CC(C)CC1=CC[C@@H](c2ccc(C3=CCC4=CNCC=C(N5CC/C=C(\C(=O)[C@H]6C[C@H](C#N)C6)CCC5)C4=C3)cc2)CC1. The summed E-state index contributed by atoms with van der Waals surface area (Å²) in [6, 6.07) is 11.7. The number of nitrogens with zero attached hydrogens (tertiary/aromatic N) is 2. The van der Waals surface area contributed by atoms with Gasteiger partial charge in [0.05, 0.1) is 6.07 Å². The van der Waals surface area contributed by atoms with E-state index in [1.807, 2.05) is 0 Å². The molecular weight excluding hydrogens is 526 g/mol. The van der Waals surface area contributed by atoms with Crippen LogP contribution in [0.15, 0.2) is 88.8 Å². The average molecular weight is 574 g/mol. The highest BCUT2D eigenvalue weighted by Gasteiger charge is 2.35. The molecule has 1 aromatic rings. The molecule has 4 nitrogen and oxygen atoms in total. The van der Waals surface area contributed by atoms with Crippen LogP contribution >= 0.6 is 0 Å². The number of carbonyl (C=O) groups is 1. The van der Waals surface area contributed by atoms with Crippen LogP contribution in [-0.2, 0) is 4.79 Å². The summed E-state index contributed by atoms with van der Waals surface area (Å²) in [6.07, 6.45) is 24.1. The number of benzene rings is 1. The molecule has 1 atom stereocenters. The van der Waals surface area contributed by atoms with Crippen LogP contribution in [-0.4, -0.2) is 30.3 Å². The van der Waals surface area contributed by atoms with E-state index in [0.29, 0.717) is 11.7 Å². The summed E-state index contributed by atoms with van der Waals surface area (Å²) in [5.41, 5.74) is 10.7. The van der Waals surface area contributed by atoms with Crippen LogP contribution in [0.4, 0.5) is 0 Å². The highest BCUT2D eigenvalue weighted by atomic mass is 16.1. The molecule has 2 heterocycles. The molecule has 224 valence electrons. The Labute approximate surface area is 258 Å². The van der Waals surface area contributed by atoms with E-state index in [4.69, 9.17) is 5.26 Å². The van der Waals surface area contributed by atoms with Gasteiger partial charge in [-0.1, -0.05) is 61.9 Å². The minimum absolute atomic E-state index is 0.0727. The average Bonchev–Trinajstić information content (AvgIpc) is 3.19. The molecule has 1 N–H and O–H groups in total. The topological polar surface area (TPSA) is 56.1 Å². The van der Waals surface area contributed by atoms with Crippen LogP contribution in [0, 0.1) is 29.1 Å². The van der Waals surface area contributed by atoms with Gasteiger partial charge in [0, 0.05) is 48.9 Å². The summed E-state index contributed by atoms with van der Waals surface area (Å²) in [6.45, 7) is 7.34. The fourth-order valence-electron chi connectivity index (χ4n) is 7.54. The van der Waals surface area contributed by atoms with Crippen LogP contribution in [0.3, 0.4) is 0 Å².